The summed E-state index contributed by atoms with van der Waals surface area (Å²) in [5, 5.41) is 0.645. The summed E-state index contributed by atoms with van der Waals surface area (Å²) in [5.41, 5.74) is 2.92. The van der Waals surface area contributed by atoms with E-state index in [1.807, 2.05) is 43.3 Å². The van der Waals surface area contributed by atoms with Crippen molar-refractivity contribution in [3.63, 3.8) is 0 Å². The van der Waals surface area contributed by atoms with Crippen LogP contribution in [0.2, 0.25) is 0 Å². The average Bonchev–Trinajstić information content (AvgIpc) is 2.93. The maximum atomic E-state index is 12.4. The van der Waals surface area contributed by atoms with Gasteiger partial charge in [-0.2, -0.15) is 0 Å². The van der Waals surface area contributed by atoms with E-state index in [4.69, 9.17) is 4.74 Å². The molecular weight excluding hydrogens is 326 g/mol. The number of carbonyl (C=O) groups excluding carboxylic acids is 2. The molecule has 6 nitrogen and oxygen atoms in total. The summed E-state index contributed by atoms with van der Waals surface area (Å²) in [4.78, 5) is 32.7. The molecule has 1 aromatic rings. The van der Waals surface area contributed by atoms with Crippen molar-refractivity contribution in [3.05, 3.63) is 41.1 Å². The maximum Gasteiger partial charge on any atom is 0.338 e. The Labute approximate surface area is 145 Å². The van der Waals surface area contributed by atoms with Gasteiger partial charge in [-0.05, 0) is 24.6 Å². The molecule has 1 amide bonds. The van der Waals surface area contributed by atoms with Crippen LogP contribution in [0.3, 0.4) is 0 Å². The average molecular weight is 345 g/mol. The van der Waals surface area contributed by atoms with Crippen molar-refractivity contribution in [2.75, 3.05) is 31.9 Å². The van der Waals surface area contributed by atoms with Crippen molar-refractivity contribution in [1.82, 2.24) is 4.90 Å². The molecule has 0 spiro atoms. The van der Waals surface area contributed by atoms with Crippen LogP contribution in [0.4, 0.5) is 5.69 Å². The number of methoxy groups -OCH3 is 1. The first-order valence-electron chi connectivity index (χ1n) is 7.54. The number of fused-ring (bicyclic) bond motifs is 1. The molecule has 2 aliphatic rings. The van der Waals surface area contributed by atoms with Crippen LogP contribution in [0.5, 0.6) is 0 Å². The smallest absolute Gasteiger partial charge is 0.338 e. The Morgan fingerprint density at radius 2 is 2.00 bits per heavy atom. The first-order valence-corrected chi connectivity index (χ1v) is 8.52. The zero-order valence-corrected chi connectivity index (χ0v) is 14.9. The first kappa shape index (κ1) is 16.6. The molecule has 2 aliphatic heterocycles. The number of amides is 1. The van der Waals surface area contributed by atoms with Gasteiger partial charge in [0.1, 0.15) is 0 Å². The fourth-order valence-corrected chi connectivity index (χ4v) is 3.82. The summed E-state index contributed by atoms with van der Waals surface area (Å²) in [7, 11) is 5.27. The largest absolute Gasteiger partial charge is 0.466 e. The van der Waals surface area contributed by atoms with E-state index in [-0.39, 0.29) is 5.91 Å². The molecule has 0 radical (unpaired) electrons. The molecular formula is C17H19N3O3S. The fraction of sp³-hybridized carbons (Fsp3) is 0.353. The lowest BCUT2D eigenvalue weighted by atomic mass is 9.94. The number of benzene rings is 1. The Kier molecular flexibility index (Phi) is 4.36. The molecule has 3 rings (SSSR count). The van der Waals surface area contributed by atoms with Crippen molar-refractivity contribution in [2.24, 2.45) is 4.99 Å². The predicted molar refractivity (Wildman–Crippen MR) is 95.0 cm³/mol. The normalized spacial score (nSPS) is 20.0. The zero-order chi connectivity index (χ0) is 17.4. The Hall–Kier alpha value is -2.28. The molecule has 0 unspecified atom stereocenters. The molecule has 1 saturated heterocycles. The van der Waals surface area contributed by atoms with Gasteiger partial charge >= 0.3 is 5.97 Å². The second kappa shape index (κ2) is 6.32. The SMILES string of the molecule is COC(=O)C1=C(C)N=C2SCC(=O)N2[C@@H]1c1ccc(N(C)C)cc1. The van der Waals surface area contributed by atoms with E-state index in [2.05, 4.69) is 4.99 Å². The zero-order valence-electron chi connectivity index (χ0n) is 14.1. The molecule has 0 saturated carbocycles. The number of ether oxygens (including phenoxy) is 1. The minimum absolute atomic E-state index is 0.0469. The van der Waals surface area contributed by atoms with Crippen LogP contribution < -0.4 is 4.90 Å². The fourth-order valence-electron chi connectivity index (χ4n) is 2.88. The van der Waals surface area contributed by atoms with E-state index in [9.17, 15) is 9.59 Å². The summed E-state index contributed by atoms with van der Waals surface area (Å²) in [5.74, 6) is -0.164. The van der Waals surface area contributed by atoms with Crippen molar-refractivity contribution in [2.45, 2.75) is 13.0 Å². The van der Waals surface area contributed by atoms with Crippen LogP contribution in [0.1, 0.15) is 18.5 Å². The van der Waals surface area contributed by atoms with Crippen LogP contribution in [-0.4, -0.2) is 48.9 Å². The van der Waals surface area contributed by atoms with Crippen molar-refractivity contribution in [3.8, 4) is 0 Å². The third kappa shape index (κ3) is 2.69. The van der Waals surface area contributed by atoms with Crippen LogP contribution in [0, 0.1) is 0 Å². The molecule has 7 heteroatoms. The van der Waals surface area contributed by atoms with Gasteiger partial charge in [0.05, 0.1) is 30.2 Å². The summed E-state index contributed by atoms with van der Waals surface area (Å²) >= 11 is 1.40. The van der Waals surface area contributed by atoms with E-state index in [1.54, 1.807) is 11.8 Å². The van der Waals surface area contributed by atoms with Gasteiger partial charge in [-0.15, -0.1) is 0 Å². The van der Waals surface area contributed by atoms with E-state index in [0.29, 0.717) is 22.2 Å². The number of nitrogens with zero attached hydrogens (tertiary/aromatic N) is 3. The van der Waals surface area contributed by atoms with Gasteiger partial charge in [0, 0.05) is 19.8 Å². The van der Waals surface area contributed by atoms with Crippen LogP contribution in [0.15, 0.2) is 40.5 Å². The number of anilines is 1. The van der Waals surface area contributed by atoms with Gasteiger partial charge in [0.25, 0.3) is 0 Å². The molecule has 0 N–H and O–H groups in total. The summed E-state index contributed by atoms with van der Waals surface area (Å²) in [6, 6.07) is 7.33. The van der Waals surface area contributed by atoms with Crippen molar-refractivity contribution >= 4 is 34.5 Å². The number of hydrogen-bond donors (Lipinski definition) is 0. The van der Waals surface area contributed by atoms with E-state index >= 15 is 0 Å². The van der Waals surface area contributed by atoms with Crippen molar-refractivity contribution in [1.29, 1.82) is 0 Å². The number of esters is 1. The van der Waals surface area contributed by atoms with Gasteiger partial charge in [0.2, 0.25) is 5.91 Å². The number of aliphatic imine (C=N–C) groups is 1. The highest BCUT2D eigenvalue weighted by molar-refractivity contribution is 8.15. The number of rotatable bonds is 3. The molecule has 1 fully saturated rings. The van der Waals surface area contributed by atoms with Gasteiger partial charge < -0.3 is 9.64 Å². The third-order valence-electron chi connectivity index (χ3n) is 4.11. The lowest BCUT2D eigenvalue weighted by Gasteiger charge is -2.32. The van der Waals surface area contributed by atoms with Gasteiger partial charge in [0.15, 0.2) is 5.17 Å². The van der Waals surface area contributed by atoms with E-state index in [1.165, 1.54) is 18.9 Å². The highest BCUT2D eigenvalue weighted by atomic mass is 32.2. The number of thioether (sulfide) groups is 1. The topological polar surface area (TPSA) is 62.2 Å². The first-order chi connectivity index (χ1) is 11.4. The molecule has 126 valence electrons. The highest BCUT2D eigenvalue weighted by Gasteiger charge is 2.43. The third-order valence-corrected chi connectivity index (χ3v) is 5.05. The minimum Gasteiger partial charge on any atom is -0.466 e. The minimum atomic E-state index is -0.497. The van der Waals surface area contributed by atoms with Gasteiger partial charge in [-0.1, -0.05) is 23.9 Å². The summed E-state index contributed by atoms with van der Waals surface area (Å²) < 4.78 is 4.94. The Bertz CT molecular complexity index is 753. The molecule has 0 aliphatic carbocycles. The Morgan fingerprint density at radius 3 is 2.58 bits per heavy atom. The number of allylic oxidation sites excluding steroid dienone is 1. The lowest BCUT2D eigenvalue weighted by molar-refractivity contribution is -0.137. The summed E-state index contributed by atoms with van der Waals surface area (Å²) in [6.07, 6.45) is 0. The van der Waals surface area contributed by atoms with Crippen LogP contribution >= 0.6 is 11.8 Å². The number of amidine groups is 1. The number of hydrogen-bond acceptors (Lipinski definition) is 6. The molecule has 0 bridgehead atoms. The second-order valence-electron chi connectivity index (χ2n) is 5.83. The standard InChI is InChI=1S/C17H19N3O3S/c1-10-14(16(22)23-4)15(20-13(21)9-24-17(20)18-10)11-5-7-12(8-6-11)19(2)3/h5-8,15H,9H2,1-4H3/t15-/m1/s1. The van der Waals surface area contributed by atoms with E-state index < -0.39 is 12.0 Å². The van der Waals surface area contributed by atoms with Crippen LogP contribution in [-0.2, 0) is 14.3 Å². The lowest BCUT2D eigenvalue weighted by Crippen LogP contribution is -2.39. The molecule has 0 aromatic heterocycles. The van der Waals surface area contributed by atoms with E-state index in [0.717, 1.165) is 11.3 Å². The predicted octanol–water partition coefficient (Wildman–Crippen LogP) is 2.19. The Morgan fingerprint density at radius 1 is 1.33 bits per heavy atom. The molecule has 2 heterocycles. The summed E-state index contributed by atoms with van der Waals surface area (Å²) in [6.45, 7) is 1.78. The quantitative estimate of drug-likeness (QED) is 0.786. The van der Waals surface area contributed by atoms with Gasteiger partial charge in [-0.25, -0.2) is 9.79 Å². The Balaban J connectivity index is 2.11. The maximum absolute atomic E-state index is 12.4. The van der Waals surface area contributed by atoms with Crippen molar-refractivity contribution < 1.29 is 14.3 Å². The molecule has 1 atom stereocenters. The second-order valence-corrected chi connectivity index (χ2v) is 6.77. The van der Waals surface area contributed by atoms with Gasteiger partial charge in [-0.3, -0.25) is 9.69 Å². The highest BCUT2D eigenvalue weighted by Crippen LogP contribution is 2.41. The monoisotopic (exact) mass is 345 g/mol. The molecule has 24 heavy (non-hydrogen) atoms. The molecule has 1 aromatic carbocycles. The van der Waals surface area contributed by atoms with Crippen LogP contribution in [0.25, 0.3) is 0 Å². The number of carbonyl (C=O) groups is 2.